The van der Waals surface area contributed by atoms with Crippen LogP contribution in [-0.4, -0.2) is 49.0 Å². The van der Waals surface area contributed by atoms with E-state index in [1.807, 2.05) is 20.9 Å². The molecular weight excluding hydrogens is 250 g/mol. The van der Waals surface area contributed by atoms with Gasteiger partial charge in [0.05, 0.1) is 12.5 Å². The first-order valence-corrected chi connectivity index (χ1v) is 7.40. The van der Waals surface area contributed by atoms with Gasteiger partial charge in [0.1, 0.15) is 0 Å². The van der Waals surface area contributed by atoms with Gasteiger partial charge in [0.2, 0.25) is 5.91 Å². The minimum absolute atomic E-state index is 0.167. The molecule has 0 aliphatic rings. The van der Waals surface area contributed by atoms with Crippen LogP contribution in [0.4, 0.5) is 0 Å². The van der Waals surface area contributed by atoms with E-state index in [1.54, 1.807) is 16.7 Å². The van der Waals surface area contributed by atoms with Crippen LogP contribution in [0.1, 0.15) is 33.6 Å². The number of methoxy groups -OCH3 is 1. The van der Waals surface area contributed by atoms with Crippen LogP contribution in [0, 0.1) is 5.41 Å². The van der Waals surface area contributed by atoms with Gasteiger partial charge in [0.25, 0.3) is 0 Å². The number of hydrogen-bond donors (Lipinski definition) is 0. The standard InChI is InChI=1S/C13H25NO3S/c1-6-8-14(4)11(15)7-9-18-10-13(2,3)12(16)17-5/h6-10H2,1-5H3. The Hall–Kier alpha value is -0.710. The Balaban J connectivity index is 3.86. The second-order valence-corrected chi connectivity index (χ2v) is 6.10. The molecule has 106 valence electrons. The predicted octanol–water partition coefficient (Wildman–Crippen LogP) is 2.18. The second kappa shape index (κ2) is 8.40. The Morgan fingerprint density at radius 1 is 1.33 bits per heavy atom. The van der Waals surface area contributed by atoms with Crippen LogP contribution < -0.4 is 0 Å². The molecule has 18 heavy (non-hydrogen) atoms. The monoisotopic (exact) mass is 275 g/mol. The molecule has 0 aliphatic heterocycles. The SMILES string of the molecule is CCCN(C)C(=O)CCSCC(C)(C)C(=O)OC. The zero-order valence-electron chi connectivity index (χ0n) is 12.1. The van der Waals surface area contributed by atoms with Crippen LogP contribution in [0.5, 0.6) is 0 Å². The van der Waals surface area contributed by atoms with Gasteiger partial charge in [-0.2, -0.15) is 11.8 Å². The molecule has 0 heterocycles. The molecule has 4 nitrogen and oxygen atoms in total. The molecule has 0 unspecified atom stereocenters. The Bertz CT molecular complexity index is 279. The number of hydrogen-bond acceptors (Lipinski definition) is 4. The number of amides is 1. The number of rotatable bonds is 8. The molecule has 5 heteroatoms. The maximum absolute atomic E-state index is 11.7. The fourth-order valence-corrected chi connectivity index (χ4v) is 2.56. The molecule has 0 aromatic heterocycles. The lowest BCUT2D eigenvalue weighted by atomic mass is 9.97. The van der Waals surface area contributed by atoms with Crippen LogP contribution in [-0.2, 0) is 14.3 Å². The first-order valence-electron chi connectivity index (χ1n) is 6.25. The molecule has 0 aromatic carbocycles. The highest BCUT2D eigenvalue weighted by molar-refractivity contribution is 7.99. The van der Waals surface area contributed by atoms with Gasteiger partial charge >= 0.3 is 5.97 Å². The Kier molecular flexibility index (Phi) is 8.07. The minimum atomic E-state index is -0.488. The number of carbonyl (C=O) groups is 2. The molecule has 0 N–H and O–H groups in total. The molecule has 0 aromatic rings. The van der Waals surface area contributed by atoms with Gasteiger partial charge in [0, 0.05) is 31.5 Å². The summed E-state index contributed by atoms with van der Waals surface area (Å²) in [6, 6.07) is 0. The molecule has 0 bridgehead atoms. The number of thioether (sulfide) groups is 1. The number of esters is 1. The van der Waals surface area contributed by atoms with Crippen LogP contribution in [0.15, 0.2) is 0 Å². The van der Waals surface area contributed by atoms with E-state index in [1.165, 1.54) is 7.11 Å². The molecule has 0 spiro atoms. The normalized spacial score (nSPS) is 11.2. The van der Waals surface area contributed by atoms with Gasteiger partial charge in [-0.05, 0) is 20.3 Å². The predicted molar refractivity (Wildman–Crippen MR) is 75.7 cm³/mol. The molecule has 1 amide bonds. The summed E-state index contributed by atoms with van der Waals surface area (Å²) in [4.78, 5) is 24.9. The maximum Gasteiger partial charge on any atom is 0.312 e. The Morgan fingerprint density at radius 3 is 2.44 bits per heavy atom. The summed E-state index contributed by atoms with van der Waals surface area (Å²) in [6.07, 6.45) is 1.50. The molecule has 0 aliphatic carbocycles. The zero-order valence-corrected chi connectivity index (χ0v) is 12.9. The fraction of sp³-hybridized carbons (Fsp3) is 0.846. The van der Waals surface area contributed by atoms with E-state index in [-0.39, 0.29) is 11.9 Å². The topological polar surface area (TPSA) is 46.6 Å². The van der Waals surface area contributed by atoms with E-state index >= 15 is 0 Å². The van der Waals surface area contributed by atoms with E-state index in [0.717, 1.165) is 18.7 Å². The summed E-state index contributed by atoms with van der Waals surface area (Å²) in [5, 5.41) is 0. The quantitative estimate of drug-likeness (QED) is 0.503. The van der Waals surface area contributed by atoms with Crippen molar-refractivity contribution in [3.63, 3.8) is 0 Å². The first kappa shape index (κ1) is 17.3. The Labute approximate surface area is 114 Å². The second-order valence-electron chi connectivity index (χ2n) is 4.99. The maximum atomic E-state index is 11.7. The van der Waals surface area contributed by atoms with Crippen LogP contribution in [0.3, 0.4) is 0 Å². The summed E-state index contributed by atoms with van der Waals surface area (Å²) in [7, 11) is 3.23. The van der Waals surface area contributed by atoms with Crippen LogP contribution >= 0.6 is 11.8 Å². The van der Waals surface area contributed by atoms with Gasteiger partial charge in [-0.3, -0.25) is 9.59 Å². The third kappa shape index (κ3) is 6.28. The van der Waals surface area contributed by atoms with Gasteiger partial charge in [0.15, 0.2) is 0 Å². The number of carbonyl (C=O) groups excluding carboxylic acids is 2. The van der Waals surface area contributed by atoms with Crippen molar-refractivity contribution < 1.29 is 14.3 Å². The van der Waals surface area contributed by atoms with Gasteiger partial charge < -0.3 is 9.64 Å². The van der Waals surface area contributed by atoms with E-state index in [9.17, 15) is 9.59 Å². The lowest BCUT2D eigenvalue weighted by molar-refractivity contribution is -0.149. The molecule has 0 fully saturated rings. The Morgan fingerprint density at radius 2 is 1.94 bits per heavy atom. The average Bonchev–Trinajstić information content (AvgIpc) is 2.33. The molecular formula is C13H25NO3S. The fourth-order valence-electron chi connectivity index (χ4n) is 1.47. The molecule has 0 atom stereocenters. The molecule has 0 saturated carbocycles. The zero-order chi connectivity index (χ0) is 14.2. The van der Waals surface area contributed by atoms with Crippen molar-refractivity contribution in [1.82, 2.24) is 4.90 Å². The van der Waals surface area contributed by atoms with E-state index in [4.69, 9.17) is 4.74 Å². The minimum Gasteiger partial charge on any atom is -0.469 e. The van der Waals surface area contributed by atoms with Gasteiger partial charge in [-0.25, -0.2) is 0 Å². The molecule has 0 radical (unpaired) electrons. The van der Waals surface area contributed by atoms with E-state index < -0.39 is 5.41 Å². The average molecular weight is 275 g/mol. The lowest BCUT2D eigenvalue weighted by Gasteiger charge is -2.21. The van der Waals surface area contributed by atoms with Crippen molar-refractivity contribution in [3.05, 3.63) is 0 Å². The number of ether oxygens (including phenoxy) is 1. The van der Waals surface area contributed by atoms with Crippen molar-refractivity contribution in [1.29, 1.82) is 0 Å². The van der Waals surface area contributed by atoms with Crippen LogP contribution in [0.2, 0.25) is 0 Å². The third-order valence-electron chi connectivity index (χ3n) is 2.65. The highest BCUT2D eigenvalue weighted by Gasteiger charge is 2.28. The van der Waals surface area contributed by atoms with Crippen molar-refractivity contribution in [2.45, 2.75) is 33.6 Å². The van der Waals surface area contributed by atoms with E-state index in [2.05, 4.69) is 6.92 Å². The van der Waals surface area contributed by atoms with Crippen molar-refractivity contribution in [2.75, 3.05) is 32.2 Å². The van der Waals surface area contributed by atoms with Gasteiger partial charge in [-0.15, -0.1) is 0 Å². The highest BCUT2D eigenvalue weighted by atomic mass is 32.2. The summed E-state index contributed by atoms with van der Waals surface area (Å²) in [5.41, 5.74) is -0.488. The molecule has 0 saturated heterocycles. The largest absolute Gasteiger partial charge is 0.469 e. The molecule has 0 rings (SSSR count). The highest BCUT2D eigenvalue weighted by Crippen LogP contribution is 2.23. The van der Waals surface area contributed by atoms with Crippen molar-refractivity contribution in [2.24, 2.45) is 5.41 Å². The third-order valence-corrected chi connectivity index (χ3v) is 4.06. The van der Waals surface area contributed by atoms with Crippen molar-refractivity contribution >= 4 is 23.6 Å². The lowest BCUT2D eigenvalue weighted by Crippen LogP contribution is -2.29. The van der Waals surface area contributed by atoms with Gasteiger partial charge in [-0.1, -0.05) is 6.92 Å². The summed E-state index contributed by atoms with van der Waals surface area (Å²) in [6.45, 7) is 6.57. The summed E-state index contributed by atoms with van der Waals surface area (Å²) < 4.78 is 4.74. The first-order chi connectivity index (χ1) is 8.35. The van der Waals surface area contributed by atoms with Crippen LogP contribution in [0.25, 0.3) is 0 Å². The van der Waals surface area contributed by atoms with E-state index in [0.29, 0.717) is 12.2 Å². The summed E-state index contributed by atoms with van der Waals surface area (Å²) in [5.74, 6) is 1.38. The summed E-state index contributed by atoms with van der Waals surface area (Å²) >= 11 is 1.62. The smallest absolute Gasteiger partial charge is 0.312 e. The number of nitrogens with zero attached hydrogens (tertiary/aromatic N) is 1. The van der Waals surface area contributed by atoms with Crippen molar-refractivity contribution in [3.8, 4) is 0 Å².